The van der Waals surface area contributed by atoms with Crippen molar-refractivity contribution in [3.63, 3.8) is 0 Å². The van der Waals surface area contributed by atoms with Crippen LogP contribution in [0.4, 0.5) is 0 Å². The van der Waals surface area contributed by atoms with Gasteiger partial charge in [-0.15, -0.1) is 5.10 Å². The van der Waals surface area contributed by atoms with Gasteiger partial charge in [-0.05, 0) is 48.2 Å². The van der Waals surface area contributed by atoms with Crippen LogP contribution >= 0.6 is 15.9 Å². The van der Waals surface area contributed by atoms with Gasteiger partial charge in [0.2, 0.25) is 0 Å². The maximum Gasteiger partial charge on any atom is 0.274 e. The minimum atomic E-state index is -0.202. The van der Waals surface area contributed by atoms with Gasteiger partial charge < -0.3 is 5.32 Å². The highest BCUT2D eigenvalue weighted by atomic mass is 79.9. The number of nitrogens with zero attached hydrogens (tertiary/aromatic N) is 6. The molecule has 2 aromatic heterocycles. The van der Waals surface area contributed by atoms with Crippen LogP contribution in [0.1, 0.15) is 46.1 Å². The minimum Gasteiger partial charge on any atom is -0.347 e. The van der Waals surface area contributed by atoms with Gasteiger partial charge in [0.1, 0.15) is 12.7 Å². The van der Waals surface area contributed by atoms with E-state index in [4.69, 9.17) is 0 Å². The van der Waals surface area contributed by atoms with E-state index in [0.29, 0.717) is 24.7 Å². The zero-order valence-corrected chi connectivity index (χ0v) is 18.2. The number of amides is 1. The van der Waals surface area contributed by atoms with Gasteiger partial charge in [0.15, 0.2) is 5.69 Å². The van der Waals surface area contributed by atoms with E-state index >= 15 is 0 Å². The second-order valence-electron chi connectivity index (χ2n) is 7.58. The Morgan fingerprint density at radius 2 is 1.94 bits per heavy atom. The molecule has 4 aromatic rings. The molecule has 1 amide bonds. The number of hydrogen-bond donors (Lipinski definition) is 1. The Kier molecular flexibility index (Phi) is 5.33. The van der Waals surface area contributed by atoms with Crippen LogP contribution in [0.25, 0.3) is 5.69 Å². The van der Waals surface area contributed by atoms with Gasteiger partial charge in [0, 0.05) is 16.9 Å². The third-order valence-electron chi connectivity index (χ3n) is 5.21. The molecule has 2 heterocycles. The summed E-state index contributed by atoms with van der Waals surface area (Å²) in [5.74, 6) is 0.123. The highest BCUT2D eigenvalue weighted by Crippen LogP contribution is 2.42. The van der Waals surface area contributed by atoms with E-state index in [0.717, 1.165) is 39.8 Å². The van der Waals surface area contributed by atoms with Gasteiger partial charge in [-0.3, -0.25) is 4.79 Å². The number of carbonyl (C=O) groups excluding carboxylic acids is 1. The standard InChI is InChI=1S/C22H20BrN7O/c23-18-6-8-19(9-7-18)30-21(17-4-5-17)20(27-28-30)22(31)25-11-15-2-1-3-16(10-15)12-29-14-24-13-26-29/h1-3,6-10,13-14,17H,4-5,11-12H2,(H,25,31). The summed E-state index contributed by atoms with van der Waals surface area (Å²) < 4.78 is 4.55. The number of hydrogen-bond acceptors (Lipinski definition) is 5. The Labute approximate surface area is 187 Å². The molecule has 31 heavy (non-hydrogen) atoms. The van der Waals surface area contributed by atoms with E-state index in [1.54, 1.807) is 15.7 Å². The smallest absolute Gasteiger partial charge is 0.274 e. The normalized spacial score (nSPS) is 13.3. The molecular weight excluding hydrogens is 458 g/mol. The monoisotopic (exact) mass is 477 g/mol. The summed E-state index contributed by atoms with van der Waals surface area (Å²) in [5.41, 5.74) is 4.30. The first-order valence-corrected chi connectivity index (χ1v) is 10.9. The van der Waals surface area contributed by atoms with E-state index in [9.17, 15) is 4.79 Å². The van der Waals surface area contributed by atoms with Crippen LogP contribution in [-0.4, -0.2) is 35.7 Å². The van der Waals surface area contributed by atoms with Gasteiger partial charge in [-0.25, -0.2) is 14.3 Å². The maximum absolute atomic E-state index is 13.0. The molecule has 1 fully saturated rings. The summed E-state index contributed by atoms with van der Waals surface area (Å²) >= 11 is 3.45. The molecule has 8 nitrogen and oxygen atoms in total. The molecule has 156 valence electrons. The summed E-state index contributed by atoms with van der Waals surface area (Å²) in [4.78, 5) is 16.9. The van der Waals surface area contributed by atoms with Crippen LogP contribution in [0.5, 0.6) is 0 Å². The average molecular weight is 478 g/mol. The van der Waals surface area contributed by atoms with E-state index in [2.05, 4.69) is 47.7 Å². The number of aromatic nitrogens is 6. The summed E-state index contributed by atoms with van der Waals surface area (Å²) in [6.45, 7) is 1.05. The zero-order valence-electron chi connectivity index (χ0n) is 16.6. The van der Waals surface area contributed by atoms with Crippen molar-refractivity contribution in [3.8, 4) is 5.69 Å². The molecule has 0 radical (unpaired) electrons. The molecule has 1 aliphatic carbocycles. The second kappa shape index (κ2) is 8.43. The molecule has 0 saturated heterocycles. The largest absolute Gasteiger partial charge is 0.347 e. The lowest BCUT2D eigenvalue weighted by atomic mass is 10.1. The SMILES string of the molecule is O=C(NCc1cccc(Cn2cncn2)c1)c1nnn(-c2ccc(Br)cc2)c1C1CC1. The lowest BCUT2D eigenvalue weighted by molar-refractivity contribution is 0.0944. The molecular formula is C22H20BrN7O. The number of rotatable bonds is 7. The quantitative estimate of drug-likeness (QED) is 0.439. The topological polar surface area (TPSA) is 90.5 Å². The molecule has 0 bridgehead atoms. The number of nitrogens with one attached hydrogen (secondary N) is 1. The summed E-state index contributed by atoms with van der Waals surface area (Å²) in [6.07, 6.45) is 5.30. The molecule has 1 aliphatic rings. The molecule has 5 rings (SSSR count). The lowest BCUT2D eigenvalue weighted by Crippen LogP contribution is -2.24. The van der Waals surface area contributed by atoms with Gasteiger partial charge in [0.05, 0.1) is 17.9 Å². The third kappa shape index (κ3) is 4.41. The Morgan fingerprint density at radius 3 is 2.68 bits per heavy atom. The van der Waals surface area contributed by atoms with Crippen molar-refractivity contribution in [1.82, 2.24) is 35.1 Å². The Balaban J connectivity index is 1.31. The zero-order chi connectivity index (χ0) is 21.2. The van der Waals surface area contributed by atoms with Crippen molar-refractivity contribution in [2.75, 3.05) is 0 Å². The fourth-order valence-electron chi connectivity index (χ4n) is 3.55. The second-order valence-corrected chi connectivity index (χ2v) is 8.50. The van der Waals surface area contributed by atoms with Crippen LogP contribution in [0, 0.1) is 0 Å². The Bertz CT molecular complexity index is 1200. The fourth-order valence-corrected chi connectivity index (χ4v) is 3.82. The minimum absolute atomic E-state index is 0.202. The van der Waals surface area contributed by atoms with E-state index in [1.807, 2.05) is 42.5 Å². The number of carbonyl (C=O) groups is 1. The maximum atomic E-state index is 13.0. The van der Waals surface area contributed by atoms with E-state index in [1.165, 1.54) is 6.33 Å². The Morgan fingerprint density at radius 1 is 1.13 bits per heavy atom. The van der Waals surface area contributed by atoms with Gasteiger partial charge in [0.25, 0.3) is 5.91 Å². The molecule has 2 aromatic carbocycles. The first-order valence-electron chi connectivity index (χ1n) is 10.1. The predicted octanol–water partition coefficient (Wildman–Crippen LogP) is 3.48. The Hall–Kier alpha value is -3.33. The highest BCUT2D eigenvalue weighted by molar-refractivity contribution is 9.10. The predicted molar refractivity (Wildman–Crippen MR) is 118 cm³/mol. The number of benzene rings is 2. The molecule has 0 spiro atoms. The molecule has 0 atom stereocenters. The van der Waals surface area contributed by atoms with E-state index < -0.39 is 0 Å². The van der Waals surface area contributed by atoms with Crippen molar-refractivity contribution in [3.05, 3.63) is 88.2 Å². The molecule has 9 heteroatoms. The van der Waals surface area contributed by atoms with Crippen molar-refractivity contribution in [2.24, 2.45) is 0 Å². The van der Waals surface area contributed by atoms with Gasteiger partial charge >= 0.3 is 0 Å². The van der Waals surface area contributed by atoms with Crippen LogP contribution < -0.4 is 5.32 Å². The van der Waals surface area contributed by atoms with E-state index in [-0.39, 0.29) is 5.91 Å². The first-order chi connectivity index (χ1) is 15.2. The molecule has 0 aliphatic heterocycles. The van der Waals surface area contributed by atoms with Crippen molar-refractivity contribution in [1.29, 1.82) is 0 Å². The molecule has 1 saturated carbocycles. The van der Waals surface area contributed by atoms with Crippen molar-refractivity contribution >= 4 is 21.8 Å². The summed E-state index contributed by atoms with van der Waals surface area (Å²) in [6, 6.07) is 15.9. The molecule has 0 unspecified atom stereocenters. The third-order valence-corrected chi connectivity index (χ3v) is 5.74. The molecule has 1 N–H and O–H groups in total. The van der Waals surface area contributed by atoms with Gasteiger partial charge in [-0.1, -0.05) is 45.4 Å². The van der Waals surface area contributed by atoms with Crippen LogP contribution in [-0.2, 0) is 13.1 Å². The van der Waals surface area contributed by atoms with Gasteiger partial charge in [-0.2, -0.15) is 5.10 Å². The highest BCUT2D eigenvalue weighted by Gasteiger charge is 2.34. The number of halogens is 1. The van der Waals surface area contributed by atoms with Crippen molar-refractivity contribution < 1.29 is 4.79 Å². The van der Waals surface area contributed by atoms with Crippen LogP contribution in [0.2, 0.25) is 0 Å². The van der Waals surface area contributed by atoms with Crippen molar-refractivity contribution in [2.45, 2.75) is 31.8 Å². The van der Waals surface area contributed by atoms with Crippen LogP contribution in [0.3, 0.4) is 0 Å². The summed E-state index contributed by atoms with van der Waals surface area (Å²) in [7, 11) is 0. The average Bonchev–Trinajstić information content (AvgIpc) is 3.30. The first kappa shape index (κ1) is 19.6. The summed E-state index contributed by atoms with van der Waals surface area (Å²) in [5, 5.41) is 15.6. The fraction of sp³-hybridized carbons (Fsp3) is 0.227. The van der Waals surface area contributed by atoms with Crippen LogP contribution in [0.15, 0.2) is 65.7 Å². The lowest BCUT2D eigenvalue weighted by Gasteiger charge is -2.09.